The number of nitrogens with zero attached hydrogens (tertiary/aromatic N) is 1. The van der Waals surface area contributed by atoms with Crippen LogP contribution in [0.15, 0.2) is 29.3 Å². The second-order valence-corrected chi connectivity index (χ2v) is 9.13. The number of rotatable bonds is 9. The third-order valence-corrected chi connectivity index (χ3v) is 6.61. The standard InChI is InChI=1S/C21H35N3O3S.HI/c1-5-22-21(24-17-8-7-9-20(14-17)28(25)6-2)23-15-16(3)27-19-12-10-18(26-4)11-13-19;/h10-13,16-17,20H,5-9,14-15H2,1-4H3,(H2,22,23,24);1H. The lowest BCUT2D eigenvalue weighted by molar-refractivity contribution is 0.230. The normalized spacial score (nSPS) is 21.4. The maximum Gasteiger partial charge on any atom is 0.191 e. The van der Waals surface area contributed by atoms with Gasteiger partial charge in [0.1, 0.15) is 17.6 Å². The zero-order chi connectivity index (χ0) is 20.4. The average Bonchev–Trinajstić information content (AvgIpc) is 2.72. The summed E-state index contributed by atoms with van der Waals surface area (Å²) < 4.78 is 23.3. The van der Waals surface area contributed by atoms with Gasteiger partial charge in [-0.3, -0.25) is 4.21 Å². The first-order valence-corrected chi connectivity index (χ1v) is 11.7. The predicted octanol–water partition coefficient (Wildman–Crippen LogP) is 3.72. The second-order valence-electron chi connectivity index (χ2n) is 7.12. The molecule has 0 spiro atoms. The molecule has 29 heavy (non-hydrogen) atoms. The first kappa shape index (κ1) is 26.0. The Balaban J connectivity index is 0.00000420. The fraction of sp³-hybridized carbons (Fsp3) is 0.667. The molecular weight excluding hydrogens is 501 g/mol. The molecular formula is C21H36IN3O3S. The summed E-state index contributed by atoms with van der Waals surface area (Å²) in [5.41, 5.74) is 0. The van der Waals surface area contributed by atoms with Crippen LogP contribution in [0.3, 0.4) is 0 Å². The van der Waals surface area contributed by atoms with E-state index in [2.05, 4.69) is 17.6 Å². The summed E-state index contributed by atoms with van der Waals surface area (Å²) in [6, 6.07) is 7.90. The summed E-state index contributed by atoms with van der Waals surface area (Å²) in [7, 11) is 0.932. The SMILES string of the molecule is CCNC(=NCC(C)Oc1ccc(OC)cc1)NC1CCCC(S(=O)CC)C1.I. The van der Waals surface area contributed by atoms with Crippen molar-refractivity contribution in [2.24, 2.45) is 4.99 Å². The Morgan fingerprint density at radius 1 is 1.24 bits per heavy atom. The fourth-order valence-electron chi connectivity index (χ4n) is 3.41. The van der Waals surface area contributed by atoms with E-state index in [1.807, 2.05) is 38.1 Å². The Bertz CT molecular complexity index is 643. The summed E-state index contributed by atoms with van der Waals surface area (Å²) >= 11 is 0. The molecule has 2 rings (SSSR count). The molecule has 1 aliphatic carbocycles. The zero-order valence-electron chi connectivity index (χ0n) is 18.0. The highest BCUT2D eigenvalue weighted by Gasteiger charge is 2.26. The molecule has 1 fully saturated rings. The van der Waals surface area contributed by atoms with E-state index in [0.29, 0.717) is 17.8 Å². The zero-order valence-corrected chi connectivity index (χ0v) is 21.1. The van der Waals surface area contributed by atoms with Gasteiger partial charge < -0.3 is 20.1 Å². The van der Waals surface area contributed by atoms with Crippen LogP contribution in [-0.2, 0) is 10.8 Å². The first-order chi connectivity index (χ1) is 13.5. The van der Waals surface area contributed by atoms with Gasteiger partial charge in [-0.15, -0.1) is 24.0 Å². The number of halogens is 1. The molecule has 8 heteroatoms. The molecule has 0 aromatic heterocycles. The quantitative estimate of drug-likeness (QED) is 0.286. The van der Waals surface area contributed by atoms with Gasteiger partial charge in [-0.1, -0.05) is 13.3 Å². The van der Waals surface area contributed by atoms with Crippen LogP contribution < -0.4 is 20.1 Å². The lowest BCUT2D eigenvalue weighted by Gasteiger charge is -2.30. The molecule has 4 unspecified atom stereocenters. The minimum atomic E-state index is -0.718. The van der Waals surface area contributed by atoms with Gasteiger partial charge in [0.15, 0.2) is 5.96 Å². The molecule has 2 N–H and O–H groups in total. The van der Waals surface area contributed by atoms with E-state index < -0.39 is 10.8 Å². The van der Waals surface area contributed by atoms with Crippen molar-refractivity contribution in [3.63, 3.8) is 0 Å². The van der Waals surface area contributed by atoms with Gasteiger partial charge in [-0.2, -0.15) is 0 Å². The lowest BCUT2D eigenvalue weighted by atomic mass is 9.95. The summed E-state index contributed by atoms with van der Waals surface area (Å²) in [5.74, 6) is 3.16. The third-order valence-electron chi connectivity index (χ3n) is 4.87. The Kier molecular flexibility index (Phi) is 12.6. The van der Waals surface area contributed by atoms with Crippen molar-refractivity contribution in [3.8, 4) is 11.5 Å². The summed E-state index contributed by atoms with van der Waals surface area (Å²) in [6.07, 6.45) is 4.18. The number of ether oxygens (including phenoxy) is 2. The molecule has 1 saturated carbocycles. The predicted molar refractivity (Wildman–Crippen MR) is 132 cm³/mol. The van der Waals surface area contributed by atoms with Gasteiger partial charge in [0, 0.05) is 34.4 Å². The van der Waals surface area contributed by atoms with Crippen LogP contribution in [0.5, 0.6) is 11.5 Å². The number of hydrogen-bond acceptors (Lipinski definition) is 4. The molecule has 0 bridgehead atoms. The van der Waals surface area contributed by atoms with Gasteiger partial charge in [0.25, 0.3) is 0 Å². The highest BCUT2D eigenvalue weighted by atomic mass is 127. The molecule has 6 nitrogen and oxygen atoms in total. The Morgan fingerprint density at radius 2 is 1.93 bits per heavy atom. The van der Waals surface area contributed by atoms with Crippen molar-refractivity contribution in [2.45, 2.75) is 63.9 Å². The van der Waals surface area contributed by atoms with E-state index >= 15 is 0 Å². The highest BCUT2D eigenvalue weighted by molar-refractivity contribution is 14.0. The van der Waals surface area contributed by atoms with Gasteiger partial charge in [0.2, 0.25) is 0 Å². The molecule has 0 aliphatic heterocycles. The van der Waals surface area contributed by atoms with Crippen LogP contribution in [-0.4, -0.2) is 53.5 Å². The minimum absolute atomic E-state index is 0. The number of benzene rings is 1. The van der Waals surface area contributed by atoms with Gasteiger partial charge in [-0.25, -0.2) is 4.99 Å². The van der Waals surface area contributed by atoms with Crippen molar-refractivity contribution in [1.82, 2.24) is 10.6 Å². The molecule has 1 aromatic carbocycles. The molecule has 1 aliphatic rings. The van der Waals surface area contributed by atoms with Crippen molar-refractivity contribution in [3.05, 3.63) is 24.3 Å². The smallest absolute Gasteiger partial charge is 0.191 e. The van der Waals surface area contributed by atoms with Crippen LogP contribution in [0, 0.1) is 0 Å². The van der Waals surface area contributed by atoms with E-state index in [0.717, 1.165) is 55.4 Å². The van der Waals surface area contributed by atoms with Crippen molar-refractivity contribution in [2.75, 3.05) is 26.0 Å². The van der Waals surface area contributed by atoms with E-state index in [1.165, 1.54) is 0 Å². The number of hydrogen-bond donors (Lipinski definition) is 2. The van der Waals surface area contributed by atoms with E-state index in [1.54, 1.807) is 7.11 Å². The number of guanidine groups is 1. The monoisotopic (exact) mass is 537 g/mol. The number of nitrogens with one attached hydrogen (secondary N) is 2. The molecule has 4 atom stereocenters. The van der Waals surface area contributed by atoms with Gasteiger partial charge >= 0.3 is 0 Å². The first-order valence-electron chi connectivity index (χ1n) is 10.3. The molecule has 166 valence electrons. The Morgan fingerprint density at radius 3 is 2.55 bits per heavy atom. The van der Waals surface area contributed by atoms with Crippen LogP contribution in [0.1, 0.15) is 46.5 Å². The molecule has 0 radical (unpaired) electrons. The Labute approximate surface area is 195 Å². The van der Waals surface area contributed by atoms with Crippen LogP contribution >= 0.6 is 24.0 Å². The van der Waals surface area contributed by atoms with E-state index in [9.17, 15) is 4.21 Å². The van der Waals surface area contributed by atoms with Crippen LogP contribution in [0.4, 0.5) is 0 Å². The topological polar surface area (TPSA) is 72.0 Å². The van der Waals surface area contributed by atoms with Gasteiger partial charge in [-0.05, 0) is 57.4 Å². The van der Waals surface area contributed by atoms with Crippen LogP contribution in [0.2, 0.25) is 0 Å². The third kappa shape index (κ3) is 9.11. The van der Waals surface area contributed by atoms with Crippen molar-refractivity contribution in [1.29, 1.82) is 0 Å². The fourth-order valence-corrected chi connectivity index (χ4v) is 4.76. The molecule has 0 heterocycles. The van der Waals surface area contributed by atoms with Crippen LogP contribution in [0.25, 0.3) is 0 Å². The maximum absolute atomic E-state index is 12.2. The van der Waals surface area contributed by atoms with Crippen molar-refractivity contribution >= 4 is 40.7 Å². The number of aliphatic imine (C=N–C) groups is 1. The second kappa shape index (κ2) is 14.1. The van der Waals surface area contributed by atoms with E-state index in [-0.39, 0.29) is 30.1 Å². The van der Waals surface area contributed by atoms with Gasteiger partial charge in [0.05, 0.1) is 13.7 Å². The summed E-state index contributed by atoms with van der Waals surface area (Å²) in [5, 5.41) is 7.15. The van der Waals surface area contributed by atoms with E-state index in [4.69, 9.17) is 14.5 Å². The molecule has 0 amide bonds. The van der Waals surface area contributed by atoms with Crippen molar-refractivity contribution < 1.29 is 13.7 Å². The average molecular weight is 538 g/mol. The molecule has 0 saturated heterocycles. The minimum Gasteiger partial charge on any atom is -0.497 e. The lowest BCUT2D eigenvalue weighted by Crippen LogP contribution is -2.47. The number of methoxy groups -OCH3 is 1. The summed E-state index contributed by atoms with van der Waals surface area (Å²) in [4.78, 5) is 4.70. The maximum atomic E-state index is 12.2. The largest absolute Gasteiger partial charge is 0.497 e. The summed E-state index contributed by atoms with van der Waals surface area (Å²) in [6.45, 7) is 7.43. The Hall–Kier alpha value is -1.03. The molecule has 1 aromatic rings. The highest BCUT2D eigenvalue weighted by Crippen LogP contribution is 2.23.